The minimum atomic E-state index is -3.92. The van der Waals surface area contributed by atoms with E-state index in [4.69, 9.17) is 5.14 Å². The fourth-order valence-electron chi connectivity index (χ4n) is 2.08. The number of thioether (sulfide) groups is 1. The van der Waals surface area contributed by atoms with Crippen molar-refractivity contribution in [2.75, 3.05) is 11.5 Å². The molecule has 8 nitrogen and oxygen atoms in total. The van der Waals surface area contributed by atoms with Crippen molar-refractivity contribution in [1.82, 2.24) is 9.88 Å². The highest BCUT2D eigenvalue weighted by molar-refractivity contribution is 7.99. The standard InChI is InChI=1S/C11H15N3O5S2/c1-14-5-7(21(12,18)19)4-8(14)9(15)13-11(10(16)17)2-3-20-6-11/h4-5H,2-3,6H2,1H3,(H,13,15)(H,16,17)(H2,12,18,19). The van der Waals surface area contributed by atoms with Gasteiger partial charge in [-0.3, -0.25) is 4.79 Å². The number of amides is 1. The Kier molecular flexibility index (Phi) is 4.04. The van der Waals surface area contributed by atoms with Crippen LogP contribution in [0.5, 0.6) is 0 Å². The van der Waals surface area contributed by atoms with Crippen LogP contribution in [-0.4, -0.2) is 47.0 Å². The molecule has 1 atom stereocenters. The number of rotatable bonds is 4. The number of nitrogens with zero attached hydrogens (tertiary/aromatic N) is 1. The van der Waals surface area contributed by atoms with Crippen molar-refractivity contribution in [2.45, 2.75) is 16.9 Å². The number of aromatic nitrogens is 1. The molecule has 2 rings (SSSR count). The number of sulfonamides is 1. The number of hydrogen-bond donors (Lipinski definition) is 3. The first-order valence-electron chi connectivity index (χ1n) is 5.98. The number of carboxylic acids is 1. The first-order valence-corrected chi connectivity index (χ1v) is 8.69. The van der Waals surface area contributed by atoms with Gasteiger partial charge in [-0.15, -0.1) is 0 Å². The van der Waals surface area contributed by atoms with Crippen molar-refractivity contribution >= 4 is 33.7 Å². The first-order chi connectivity index (χ1) is 9.66. The molecule has 0 spiro atoms. The maximum absolute atomic E-state index is 12.2. The second-order valence-corrected chi connectivity index (χ2v) is 7.53. The van der Waals surface area contributed by atoms with E-state index in [1.807, 2.05) is 0 Å². The Balaban J connectivity index is 2.29. The van der Waals surface area contributed by atoms with Crippen LogP contribution in [0.2, 0.25) is 0 Å². The number of carbonyl (C=O) groups excluding carboxylic acids is 1. The number of hydrogen-bond acceptors (Lipinski definition) is 5. The molecule has 21 heavy (non-hydrogen) atoms. The quantitative estimate of drug-likeness (QED) is 0.672. The van der Waals surface area contributed by atoms with Crippen molar-refractivity contribution in [3.05, 3.63) is 18.0 Å². The van der Waals surface area contributed by atoms with Gasteiger partial charge in [0.15, 0.2) is 0 Å². The van der Waals surface area contributed by atoms with E-state index in [0.29, 0.717) is 12.2 Å². The van der Waals surface area contributed by atoms with Crippen LogP contribution in [0.4, 0.5) is 0 Å². The molecule has 0 bridgehead atoms. The van der Waals surface area contributed by atoms with E-state index in [2.05, 4.69) is 5.32 Å². The maximum atomic E-state index is 12.2. The molecule has 1 amide bonds. The number of aryl methyl sites for hydroxylation is 1. The molecular formula is C11H15N3O5S2. The third kappa shape index (κ3) is 3.06. The molecule has 1 aliphatic rings. The zero-order valence-corrected chi connectivity index (χ0v) is 12.8. The van der Waals surface area contributed by atoms with Gasteiger partial charge in [0, 0.05) is 19.0 Å². The Morgan fingerprint density at radius 2 is 2.19 bits per heavy atom. The smallest absolute Gasteiger partial charge is 0.330 e. The Labute approximate surface area is 125 Å². The molecule has 1 saturated heterocycles. The summed E-state index contributed by atoms with van der Waals surface area (Å²) in [6.07, 6.45) is 1.53. The summed E-state index contributed by atoms with van der Waals surface area (Å²) < 4.78 is 23.8. The van der Waals surface area contributed by atoms with E-state index in [-0.39, 0.29) is 16.3 Å². The molecule has 1 unspecified atom stereocenters. The van der Waals surface area contributed by atoms with Crippen LogP contribution in [0.25, 0.3) is 0 Å². The monoisotopic (exact) mass is 333 g/mol. The van der Waals surface area contributed by atoms with Gasteiger partial charge in [-0.1, -0.05) is 0 Å². The molecule has 10 heteroatoms. The van der Waals surface area contributed by atoms with Crippen LogP contribution < -0.4 is 10.5 Å². The first kappa shape index (κ1) is 15.9. The number of nitrogens with one attached hydrogen (secondary N) is 1. The summed E-state index contributed by atoms with van der Waals surface area (Å²) in [6, 6.07) is 1.13. The molecule has 0 radical (unpaired) electrons. The molecule has 2 heterocycles. The van der Waals surface area contributed by atoms with Gasteiger partial charge in [-0.05, 0) is 18.2 Å². The third-order valence-corrected chi connectivity index (χ3v) is 5.39. The minimum absolute atomic E-state index is 0.0385. The lowest BCUT2D eigenvalue weighted by atomic mass is 9.99. The Hall–Kier alpha value is -1.52. The number of nitrogens with two attached hydrogens (primary N) is 1. The highest BCUT2D eigenvalue weighted by Crippen LogP contribution is 2.28. The van der Waals surface area contributed by atoms with Crippen molar-refractivity contribution in [2.24, 2.45) is 12.2 Å². The summed E-state index contributed by atoms with van der Waals surface area (Å²) in [5, 5.41) is 16.8. The van der Waals surface area contributed by atoms with Crippen LogP contribution in [0, 0.1) is 0 Å². The molecule has 1 aromatic rings. The van der Waals surface area contributed by atoms with Gasteiger partial charge in [-0.25, -0.2) is 18.4 Å². The van der Waals surface area contributed by atoms with Gasteiger partial charge in [0.1, 0.15) is 16.1 Å². The number of primary sulfonamides is 1. The number of aliphatic carboxylic acids is 1. The van der Waals surface area contributed by atoms with Crippen LogP contribution in [0.1, 0.15) is 16.9 Å². The van der Waals surface area contributed by atoms with Crippen molar-refractivity contribution in [3.63, 3.8) is 0 Å². The Morgan fingerprint density at radius 1 is 1.52 bits per heavy atom. The largest absolute Gasteiger partial charge is 0.479 e. The molecule has 0 saturated carbocycles. The second-order valence-electron chi connectivity index (χ2n) is 4.86. The highest BCUT2D eigenvalue weighted by Gasteiger charge is 2.43. The van der Waals surface area contributed by atoms with E-state index < -0.39 is 27.4 Å². The molecule has 0 aliphatic carbocycles. The van der Waals surface area contributed by atoms with Gasteiger partial charge >= 0.3 is 5.97 Å². The summed E-state index contributed by atoms with van der Waals surface area (Å²) in [5.41, 5.74) is -1.27. The van der Waals surface area contributed by atoms with Crippen molar-refractivity contribution in [3.8, 4) is 0 Å². The van der Waals surface area contributed by atoms with Gasteiger partial charge in [0.25, 0.3) is 5.91 Å². The molecule has 0 aromatic carbocycles. The maximum Gasteiger partial charge on any atom is 0.330 e. The molecule has 4 N–H and O–H groups in total. The van der Waals surface area contributed by atoms with Crippen LogP contribution in [-0.2, 0) is 21.9 Å². The lowest BCUT2D eigenvalue weighted by Crippen LogP contribution is -2.55. The van der Waals surface area contributed by atoms with Gasteiger partial charge in [-0.2, -0.15) is 11.8 Å². The molecule has 1 fully saturated rings. The lowest BCUT2D eigenvalue weighted by Gasteiger charge is -2.24. The highest BCUT2D eigenvalue weighted by atomic mass is 32.2. The van der Waals surface area contributed by atoms with E-state index in [1.54, 1.807) is 0 Å². The third-order valence-electron chi connectivity index (χ3n) is 3.32. The number of carbonyl (C=O) groups is 2. The van der Waals surface area contributed by atoms with E-state index >= 15 is 0 Å². The molecule has 116 valence electrons. The van der Waals surface area contributed by atoms with Gasteiger partial charge in [0.05, 0.1) is 0 Å². The average Bonchev–Trinajstić information content (AvgIpc) is 2.95. The lowest BCUT2D eigenvalue weighted by molar-refractivity contribution is -0.143. The predicted octanol–water partition coefficient (Wildman–Crippen LogP) is -0.637. The summed E-state index contributed by atoms with van der Waals surface area (Å²) >= 11 is 1.44. The zero-order valence-electron chi connectivity index (χ0n) is 11.2. The molecular weight excluding hydrogens is 318 g/mol. The SMILES string of the molecule is Cn1cc(S(N)(=O)=O)cc1C(=O)NC1(C(=O)O)CCSC1. The molecule has 1 aromatic heterocycles. The average molecular weight is 333 g/mol. The Morgan fingerprint density at radius 3 is 2.62 bits per heavy atom. The zero-order chi connectivity index (χ0) is 15.8. The predicted molar refractivity (Wildman–Crippen MR) is 76.6 cm³/mol. The minimum Gasteiger partial charge on any atom is -0.479 e. The van der Waals surface area contributed by atoms with Crippen LogP contribution >= 0.6 is 11.8 Å². The van der Waals surface area contributed by atoms with E-state index in [0.717, 1.165) is 6.07 Å². The molecule has 1 aliphatic heterocycles. The van der Waals surface area contributed by atoms with Crippen molar-refractivity contribution in [1.29, 1.82) is 0 Å². The summed E-state index contributed by atoms with van der Waals surface area (Å²) in [4.78, 5) is 23.4. The fraction of sp³-hybridized carbons (Fsp3) is 0.455. The summed E-state index contributed by atoms with van der Waals surface area (Å²) in [6.45, 7) is 0. The second kappa shape index (κ2) is 5.35. The summed E-state index contributed by atoms with van der Waals surface area (Å²) in [5.74, 6) is -0.818. The van der Waals surface area contributed by atoms with Gasteiger partial charge < -0.3 is 15.0 Å². The van der Waals surface area contributed by atoms with Crippen LogP contribution in [0.15, 0.2) is 17.2 Å². The summed E-state index contributed by atoms with van der Waals surface area (Å²) in [7, 11) is -2.43. The van der Waals surface area contributed by atoms with E-state index in [9.17, 15) is 23.1 Å². The topological polar surface area (TPSA) is 131 Å². The van der Waals surface area contributed by atoms with Crippen molar-refractivity contribution < 1.29 is 23.1 Å². The fourth-order valence-corrected chi connectivity index (χ4v) is 3.99. The van der Waals surface area contributed by atoms with E-state index in [1.165, 1.54) is 29.6 Å². The van der Waals surface area contributed by atoms with Gasteiger partial charge in [0.2, 0.25) is 10.0 Å². The Bertz CT molecular complexity index is 689. The normalized spacial score (nSPS) is 22.2. The number of carboxylic acid groups (broad SMARTS) is 1. The van der Waals surface area contributed by atoms with Crippen LogP contribution in [0.3, 0.4) is 0 Å².